The number of hydrogen-bond acceptors (Lipinski definition) is 4. The van der Waals surface area contributed by atoms with Crippen LogP contribution in [0.2, 0.25) is 0 Å². The Hall–Kier alpha value is -1.06. The summed E-state index contributed by atoms with van der Waals surface area (Å²) in [5.74, 6) is 0.878. The highest BCUT2D eigenvalue weighted by Gasteiger charge is 2.17. The van der Waals surface area contributed by atoms with Crippen molar-refractivity contribution in [3.63, 3.8) is 0 Å². The Bertz CT molecular complexity index is 588. The van der Waals surface area contributed by atoms with Gasteiger partial charge in [0.2, 0.25) is 0 Å². The third-order valence-electron chi connectivity index (χ3n) is 4.83. The summed E-state index contributed by atoms with van der Waals surface area (Å²) in [4.78, 5) is 9.36. The van der Waals surface area contributed by atoms with Crippen molar-refractivity contribution in [1.29, 1.82) is 0 Å². The van der Waals surface area contributed by atoms with Crippen LogP contribution < -0.4 is 15.5 Å². The van der Waals surface area contributed by atoms with Crippen molar-refractivity contribution in [1.82, 2.24) is 15.5 Å². The summed E-state index contributed by atoms with van der Waals surface area (Å²) in [6.07, 6.45) is 0. The zero-order valence-corrected chi connectivity index (χ0v) is 19.7. The third kappa shape index (κ3) is 7.83. The quantitative estimate of drug-likeness (QED) is 0.350. The molecule has 0 radical (unpaired) electrons. The second kappa shape index (κ2) is 12.4. The number of rotatable bonds is 7. The molecule has 1 aliphatic heterocycles. The van der Waals surface area contributed by atoms with E-state index in [1.807, 2.05) is 0 Å². The van der Waals surface area contributed by atoms with Crippen LogP contribution in [-0.2, 0) is 11.3 Å². The largest absolute Gasteiger partial charge is 0.379 e. The molecule has 1 fully saturated rings. The SMILES string of the molecule is CCNC(=NCc1ccc(N(C)C)cc1C)NCC(C)N1CCOCC1.I. The molecule has 1 aromatic rings. The van der Waals surface area contributed by atoms with Gasteiger partial charge in [0.05, 0.1) is 19.8 Å². The second-order valence-corrected chi connectivity index (χ2v) is 7.08. The predicted octanol–water partition coefficient (Wildman–Crippen LogP) is 2.45. The van der Waals surface area contributed by atoms with Crippen LogP contribution in [0.3, 0.4) is 0 Å². The molecule has 1 heterocycles. The second-order valence-electron chi connectivity index (χ2n) is 7.08. The van der Waals surface area contributed by atoms with Crippen molar-refractivity contribution in [2.45, 2.75) is 33.4 Å². The van der Waals surface area contributed by atoms with Gasteiger partial charge >= 0.3 is 0 Å². The van der Waals surface area contributed by atoms with E-state index in [4.69, 9.17) is 9.73 Å². The number of benzene rings is 1. The number of aryl methyl sites for hydroxylation is 1. The Labute approximate surface area is 181 Å². The van der Waals surface area contributed by atoms with E-state index >= 15 is 0 Å². The Morgan fingerprint density at radius 3 is 2.56 bits per heavy atom. The first-order valence-corrected chi connectivity index (χ1v) is 9.62. The van der Waals surface area contributed by atoms with Gasteiger partial charge in [0.25, 0.3) is 0 Å². The Morgan fingerprint density at radius 2 is 1.96 bits per heavy atom. The lowest BCUT2D eigenvalue weighted by atomic mass is 10.1. The summed E-state index contributed by atoms with van der Waals surface area (Å²) in [7, 11) is 4.13. The summed E-state index contributed by atoms with van der Waals surface area (Å²) < 4.78 is 5.43. The van der Waals surface area contributed by atoms with Crippen molar-refractivity contribution in [2.75, 3.05) is 58.4 Å². The van der Waals surface area contributed by atoms with Gasteiger partial charge in [-0.25, -0.2) is 4.99 Å². The first-order chi connectivity index (χ1) is 12.5. The van der Waals surface area contributed by atoms with Crippen LogP contribution in [0, 0.1) is 6.92 Å². The number of nitrogens with zero attached hydrogens (tertiary/aromatic N) is 3. The molecule has 1 aromatic carbocycles. The van der Waals surface area contributed by atoms with Gasteiger partial charge < -0.3 is 20.3 Å². The predicted molar refractivity (Wildman–Crippen MR) is 126 cm³/mol. The molecule has 2 N–H and O–H groups in total. The molecular weight excluding hydrogens is 453 g/mol. The fourth-order valence-electron chi connectivity index (χ4n) is 3.03. The van der Waals surface area contributed by atoms with E-state index < -0.39 is 0 Å². The molecule has 7 heteroatoms. The first-order valence-electron chi connectivity index (χ1n) is 9.62. The van der Waals surface area contributed by atoms with Crippen molar-refractivity contribution in [3.8, 4) is 0 Å². The number of guanidine groups is 1. The lowest BCUT2D eigenvalue weighted by molar-refractivity contribution is 0.0211. The Kier molecular flexibility index (Phi) is 11.0. The Morgan fingerprint density at radius 1 is 1.26 bits per heavy atom. The molecule has 1 aliphatic rings. The van der Waals surface area contributed by atoms with Crippen LogP contribution >= 0.6 is 24.0 Å². The van der Waals surface area contributed by atoms with Crippen molar-refractivity contribution in [2.24, 2.45) is 4.99 Å². The zero-order valence-electron chi connectivity index (χ0n) is 17.4. The van der Waals surface area contributed by atoms with Crippen LogP contribution in [0.15, 0.2) is 23.2 Å². The standard InChI is InChI=1S/C20H35N5O.HI/c1-6-21-20(22-14-17(3)25-9-11-26-12-10-25)23-15-18-7-8-19(24(4)5)13-16(18)2;/h7-8,13,17H,6,9-12,14-15H2,1-5H3,(H2,21,22,23);1H. The van der Waals surface area contributed by atoms with E-state index in [1.165, 1.54) is 16.8 Å². The number of hydrogen-bond donors (Lipinski definition) is 2. The van der Waals surface area contributed by atoms with E-state index in [0.717, 1.165) is 45.4 Å². The first kappa shape index (κ1) is 24.0. The van der Waals surface area contributed by atoms with E-state index in [1.54, 1.807) is 0 Å². The number of ether oxygens (including phenoxy) is 1. The van der Waals surface area contributed by atoms with Gasteiger partial charge in [-0.05, 0) is 44.0 Å². The maximum absolute atomic E-state index is 5.43. The fourth-order valence-corrected chi connectivity index (χ4v) is 3.03. The summed E-state index contributed by atoms with van der Waals surface area (Å²) >= 11 is 0. The highest BCUT2D eigenvalue weighted by Crippen LogP contribution is 2.18. The molecule has 154 valence electrons. The molecule has 0 spiro atoms. The molecule has 1 saturated heterocycles. The Balaban J connectivity index is 0.00000364. The molecule has 0 amide bonds. The van der Waals surface area contributed by atoms with Gasteiger partial charge in [0.1, 0.15) is 0 Å². The zero-order chi connectivity index (χ0) is 18.9. The molecule has 0 saturated carbocycles. The maximum Gasteiger partial charge on any atom is 0.191 e. The molecular formula is C20H36IN5O. The van der Waals surface area contributed by atoms with Gasteiger partial charge in [-0.2, -0.15) is 0 Å². The van der Waals surface area contributed by atoms with Crippen molar-refractivity contribution < 1.29 is 4.74 Å². The number of morpholine rings is 1. The topological polar surface area (TPSA) is 52.1 Å². The molecule has 0 bridgehead atoms. The molecule has 0 aromatic heterocycles. The normalized spacial score (nSPS) is 16.4. The molecule has 0 aliphatic carbocycles. The average molecular weight is 489 g/mol. The molecule has 1 unspecified atom stereocenters. The van der Waals surface area contributed by atoms with Crippen molar-refractivity contribution >= 4 is 35.6 Å². The minimum Gasteiger partial charge on any atom is -0.379 e. The van der Waals surface area contributed by atoms with E-state index in [0.29, 0.717) is 12.6 Å². The highest BCUT2D eigenvalue weighted by atomic mass is 127. The maximum atomic E-state index is 5.43. The minimum absolute atomic E-state index is 0. The van der Waals surface area contributed by atoms with Crippen LogP contribution in [0.25, 0.3) is 0 Å². The van der Waals surface area contributed by atoms with E-state index in [9.17, 15) is 0 Å². The molecule has 6 nitrogen and oxygen atoms in total. The lowest BCUT2D eigenvalue weighted by Gasteiger charge is -2.32. The van der Waals surface area contributed by atoms with Gasteiger partial charge in [-0.3, -0.25) is 4.90 Å². The summed E-state index contributed by atoms with van der Waals surface area (Å²) in [5, 5.41) is 6.83. The molecule has 2 rings (SSSR count). The van der Waals surface area contributed by atoms with Crippen LogP contribution in [0.1, 0.15) is 25.0 Å². The van der Waals surface area contributed by atoms with Crippen molar-refractivity contribution in [3.05, 3.63) is 29.3 Å². The monoisotopic (exact) mass is 489 g/mol. The van der Waals surface area contributed by atoms with Crippen LogP contribution in [0.4, 0.5) is 5.69 Å². The summed E-state index contributed by atoms with van der Waals surface area (Å²) in [6, 6.07) is 7.00. The lowest BCUT2D eigenvalue weighted by Crippen LogP contribution is -2.49. The van der Waals surface area contributed by atoms with Crippen LogP contribution in [0.5, 0.6) is 0 Å². The van der Waals surface area contributed by atoms with Gasteiger partial charge in [0.15, 0.2) is 5.96 Å². The average Bonchev–Trinajstić information content (AvgIpc) is 2.65. The highest BCUT2D eigenvalue weighted by molar-refractivity contribution is 14.0. The van der Waals surface area contributed by atoms with Gasteiger partial charge in [0, 0.05) is 52.0 Å². The van der Waals surface area contributed by atoms with Crippen LogP contribution in [-0.4, -0.2) is 70.4 Å². The fraction of sp³-hybridized carbons (Fsp3) is 0.650. The number of halogens is 1. The minimum atomic E-state index is 0. The van der Waals surface area contributed by atoms with Gasteiger partial charge in [-0.15, -0.1) is 24.0 Å². The number of nitrogens with one attached hydrogen (secondary N) is 2. The summed E-state index contributed by atoms with van der Waals surface area (Å²) in [6.45, 7) is 12.6. The van der Waals surface area contributed by atoms with E-state index in [2.05, 4.69) is 73.5 Å². The molecule has 27 heavy (non-hydrogen) atoms. The summed E-state index contributed by atoms with van der Waals surface area (Å²) in [5.41, 5.74) is 3.76. The number of anilines is 1. The van der Waals surface area contributed by atoms with E-state index in [-0.39, 0.29) is 24.0 Å². The van der Waals surface area contributed by atoms with Gasteiger partial charge in [-0.1, -0.05) is 6.07 Å². The number of aliphatic imine (C=N–C) groups is 1. The molecule has 1 atom stereocenters. The smallest absolute Gasteiger partial charge is 0.191 e. The third-order valence-corrected chi connectivity index (χ3v) is 4.83.